The highest BCUT2D eigenvalue weighted by Crippen LogP contribution is 2.44. The molecule has 0 radical (unpaired) electrons. The Bertz CT molecular complexity index is 1450. The van der Waals surface area contributed by atoms with Crippen LogP contribution in [0.25, 0.3) is 11.1 Å². The first-order valence-corrected chi connectivity index (χ1v) is 14.5. The monoisotopic (exact) mass is 569 g/mol. The van der Waals surface area contributed by atoms with Crippen molar-refractivity contribution < 1.29 is 28.4 Å². The second-order valence-electron chi connectivity index (χ2n) is 13.1. The van der Waals surface area contributed by atoms with Crippen molar-refractivity contribution in [1.29, 1.82) is 0 Å². The lowest BCUT2D eigenvalue weighted by atomic mass is 9.77. The number of fused-ring (bicyclic) bond motifs is 3. The van der Waals surface area contributed by atoms with Crippen LogP contribution >= 0.6 is 0 Å². The summed E-state index contributed by atoms with van der Waals surface area (Å²) in [5.74, 6) is -0.406. The van der Waals surface area contributed by atoms with Crippen molar-refractivity contribution >= 4 is 30.3 Å². The molecule has 1 saturated heterocycles. The van der Waals surface area contributed by atoms with E-state index in [0.29, 0.717) is 16.7 Å². The Morgan fingerprint density at radius 2 is 1.43 bits per heavy atom. The Kier molecular flexibility index (Phi) is 7.75. The van der Waals surface area contributed by atoms with Crippen LogP contribution in [0.2, 0.25) is 0 Å². The Balaban J connectivity index is 1.39. The van der Waals surface area contributed by atoms with Gasteiger partial charge >= 0.3 is 19.2 Å². The van der Waals surface area contributed by atoms with E-state index in [4.69, 9.17) is 18.8 Å². The van der Waals surface area contributed by atoms with Gasteiger partial charge in [0, 0.05) is 18.7 Å². The Hall–Kier alpha value is -3.62. The van der Waals surface area contributed by atoms with E-state index in [1.54, 1.807) is 13.1 Å². The molecule has 1 amide bonds. The first kappa shape index (κ1) is 29.9. The van der Waals surface area contributed by atoms with Gasteiger partial charge in [0.1, 0.15) is 12.2 Å². The molecule has 0 N–H and O–H groups in total. The highest BCUT2D eigenvalue weighted by Gasteiger charge is 2.52. The van der Waals surface area contributed by atoms with Crippen LogP contribution in [-0.2, 0) is 30.0 Å². The summed E-state index contributed by atoms with van der Waals surface area (Å²) in [6, 6.07) is 22.0. The molecule has 0 unspecified atom stereocenters. The number of benzene rings is 3. The second-order valence-corrected chi connectivity index (χ2v) is 13.1. The van der Waals surface area contributed by atoms with Crippen molar-refractivity contribution in [2.75, 3.05) is 18.6 Å². The number of carbonyl (C=O) groups is 2. The standard InChI is InChI=1S/C34H40BNO6/c1-32(2,3)40-30(37)19-22-17-23(35-41-33(4,5)34(6,7)42-35)20-24(18-22)36(8)31(38)39-21-29-27-15-11-9-13-25(27)26-14-10-12-16-28(26)29/h9-18,20,29H,19,21H2,1-8H3. The maximum atomic E-state index is 13.4. The highest BCUT2D eigenvalue weighted by molar-refractivity contribution is 6.62. The molecule has 0 bridgehead atoms. The van der Waals surface area contributed by atoms with E-state index in [0.717, 1.165) is 11.1 Å². The first-order chi connectivity index (χ1) is 19.6. The zero-order valence-corrected chi connectivity index (χ0v) is 25.8. The van der Waals surface area contributed by atoms with E-state index in [1.807, 2.05) is 84.9 Å². The third kappa shape index (κ3) is 5.97. The molecule has 8 heteroatoms. The van der Waals surface area contributed by atoms with Crippen LogP contribution in [0.15, 0.2) is 66.7 Å². The van der Waals surface area contributed by atoms with Gasteiger partial charge in [-0.3, -0.25) is 9.69 Å². The minimum atomic E-state index is -0.664. The van der Waals surface area contributed by atoms with Gasteiger partial charge < -0.3 is 18.8 Å². The van der Waals surface area contributed by atoms with Crippen LogP contribution < -0.4 is 10.4 Å². The van der Waals surface area contributed by atoms with Crippen molar-refractivity contribution in [3.05, 3.63) is 83.4 Å². The van der Waals surface area contributed by atoms with Gasteiger partial charge in [-0.15, -0.1) is 0 Å². The zero-order valence-electron chi connectivity index (χ0n) is 25.8. The fourth-order valence-electron chi connectivity index (χ4n) is 5.45. The van der Waals surface area contributed by atoms with Gasteiger partial charge in [0.15, 0.2) is 0 Å². The van der Waals surface area contributed by atoms with Gasteiger partial charge in [-0.05, 0) is 93.9 Å². The lowest BCUT2D eigenvalue weighted by molar-refractivity contribution is -0.153. The Labute approximate surface area is 249 Å². The molecule has 220 valence electrons. The maximum absolute atomic E-state index is 13.4. The predicted octanol–water partition coefficient (Wildman–Crippen LogP) is 6.26. The smallest absolute Gasteiger partial charge is 0.460 e. The van der Waals surface area contributed by atoms with Crippen molar-refractivity contribution in [2.24, 2.45) is 0 Å². The van der Waals surface area contributed by atoms with Gasteiger partial charge in [0.25, 0.3) is 0 Å². The SMILES string of the molecule is CN(C(=O)OCC1c2ccccc2-c2ccccc21)c1cc(CC(=O)OC(C)(C)C)cc(B2OC(C)(C)C(C)(C)O2)c1. The van der Waals surface area contributed by atoms with E-state index in [2.05, 4.69) is 24.3 Å². The molecular formula is C34H40BNO6. The van der Waals surface area contributed by atoms with E-state index in [-0.39, 0.29) is 24.9 Å². The molecule has 3 aromatic carbocycles. The molecular weight excluding hydrogens is 529 g/mol. The lowest BCUT2D eigenvalue weighted by Crippen LogP contribution is -2.41. The molecule has 0 spiro atoms. The van der Waals surface area contributed by atoms with Crippen LogP contribution in [-0.4, -0.2) is 49.6 Å². The summed E-state index contributed by atoms with van der Waals surface area (Å²) in [6.45, 7) is 13.7. The molecule has 7 nitrogen and oxygen atoms in total. The molecule has 2 aliphatic rings. The molecule has 3 aromatic rings. The fraction of sp³-hybridized carbons (Fsp3) is 0.412. The molecule has 1 fully saturated rings. The second kappa shape index (κ2) is 10.9. The van der Waals surface area contributed by atoms with Crippen molar-refractivity contribution in [2.45, 2.75) is 77.6 Å². The third-order valence-corrected chi connectivity index (χ3v) is 8.29. The summed E-state index contributed by atoms with van der Waals surface area (Å²) in [5, 5.41) is 0. The number of carbonyl (C=O) groups excluding carboxylic acids is 2. The van der Waals surface area contributed by atoms with Gasteiger partial charge in [-0.1, -0.05) is 54.6 Å². The van der Waals surface area contributed by atoms with Gasteiger partial charge in [0.2, 0.25) is 0 Å². The molecule has 1 heterocycles. The highest BCUT2D eigenvalue weighted by atomic mass is 16.7. The maximum Gasteiger partial charge on any atom is 0.494 e. The molecule has 0 aromatic heterocycles. The normalized spacial score (nSPS) is 17.0. The summed E-state index contributed by atoms with van der Waals surface area (Å²) in [5.41, 5.74) is 4.91. The number of nitrogens with zero attached hydrogens (tertiary/aromatic N) is 1. The summed E-state index contributed by atoms with van der Waals surface area (Å²) in [7, 11) is 1.00. The van der Waals surface area contributed by atoms with E-state index in [9.17, 15) is 9.59 Å². The van der Waals surface area contributed by atoms with Crippen molar-refractivity contribution in [3.8, 4) is 11.1 Å². The molecule has 0 saturated carbocycles. The summed E-state index contributed by atoms with van der Waals surface area (Å²) >= 11 is 0. The van der Waals surface area contributed by atoms with Crippen LogP contribution in [0.4, 0.5) is 10.5 Å². The summed E-state index contributed by atoms with van der Waals surface area (Å²) in [6.07, 6.45) is -0.456. The number of amides is 1. The summed E-state index contributed by atoms with van der Waals surface area (Å²) in [4.78, 5) is 27.6. The minimum absolute atomic E-state index is 0.0378. The van der Waals surface area contributed by atoms with Gasteiger partial charge in [-0.25, -0.2) is 4.79 Å². The largest absolute Gasteiger partial charge is 0.494 e. The molecule has 42 heavy (non-hydrogen) atoms. The van der Waals surface area contributed by atoms with Gasteiger partial charge in [0.05, 0.1) is 17.6 Å². The van der Waals surface area contributed by atoms with Gasteiger partial charge in [-0.2, -0.15) is 0 Å². The number of esters is 1. The first-order valence-electron chi connectivity index (χ1n) is 14.5. The zero-order chi connectivity index (χ0) is 30.4. The predicted molar refractivity (Wildman–Crippen MR) is 165 cm³/mol. The summed E-state index contributed by atoms with van der Waals surface area (Å²) < 4.78 is 24.1. The minimum Gasteiger partial charge on any atom is -0.460 e. The fourth-order valence-corrected chi connectivity index (χ4v) is 5.45. The number of ether oxygens (including phenoxy) is 2. The van der Waals surface area contributed by atoms with E-state index in [1.165, 1.54) is 16.0 Å². The number of hydrogen-bond donors (Lipinski definition) is 0. The number of hydrogen-bond acceptors (Lipinski definition) is 6. The average molecular weight is 570 g/mol. The Morgan fingerprint density at radius 1 is 0.881 bits per heavy atom. The van der Waals surface area contributed by atoms with Crippen LogP contribution in [0.1, 0.15) is 71.1 Å². The number of rotatable bonds is 6. The molecule has 5 rings (SSSR count). The molecule has 0 atom stereocenters. The quantitative estimate of drug-likeness (QED) is 0.258. The topological polar surface area (TPSA) is 74.3 Å². The van der Waals surface area contributed by atoms with Crippen molar-refractivity contribution in [1.82, 2.24) is 0 Å². The molecule has 1 aliphatic carbocycles. The van der Waals surface area contributed by atoms with E-state index >= 15 is 0 Å². The third-order valence-electron chi connectivity index (χ3n) is 8.29. The average Bonchev–Trinajstić information content (AvgIpc) is 3.34. The lowest BCUT2D eigenvalue weighted by Gasteiger charge is -2.32. The van der Waals surface area contributed by atoms with E-state index < -0.39 is 30.0 Å². The number of anilines is 1. The van der Waals surface area contributed by atoms with Crippen LogP contribution in [0.5, 0.6) is 0 Å². The van der Waals surface area contributed by atoms with Crippen LogP contribution in [0.3, 0.4) is 0 Å². The molecule has 1 aliphatic heterocycles. The van der Waals surface area contributed by atoms with Crippen molar-refractivity contribution in [3.63, 3.8) is 0 Å². The van der Waals surface area contributed by atoms with Crippen LogP contribution in [0, 0.1) is 0 Å². The Morgan fingerprint density at radius 3 is 1.98 bits per heavy atom.